The van der Waals surface area contributed by atoms with Gasteiger partial charge in [-0.2, -0.15) is 5.10 Å². The van der Waals surface area contributed by atoms with Crippen molar-refractivity contribution in [2.24, 2.45) is 0 Å². The number of rotatable bonds is 6. The second kappa shape index (κ2) is 7.11. The fraction of sp³-hybridized carbons (Fsp3) is 0.400. The fourth-order valence-electron chi connectivity index (χ4n) is 2.23. The number of quaternary nitrogens is 1. The second-order valence-electron chi connectivity index (χ2n) is 5.02. The highest BCUT2D eigenvalue weighted by Crippen LogP contribution is 2.19. The SMILES string of the molecule is Cc1cc(C)n(CCC[NH2+]Cc2ccc(Cl)cc2Cl)n1. The van der Waals surface area contributed by atoms with E-state index in [4.69, 9.17) is 23.2 Å². The normalized spacial score (nSPS) is 11.0. The van der Waals surface area contributed by atoms with Gasteiger partial charge in [-0.1, -0.05) is 29.3 Å². The molecule has 0 fully saturated rings. The van der Waals surface area contributed by atoms with Gasteiger partial charge in [0.2, 0.25) is 0 Å². The minimum atomic E-state index is 0.684. The Bertz CT molecular complexity index is 578. The summed E-state index contributed by atoms with van der Waals surface area (Å²) in [7, 11) is 0. The van der Waals surface area contributed by atoms with Gasteiger partial charge in [-0.25, -0.2) is 0 Å². The van der Waals surface area contributed by atoms with Crippen LogP contribution in [0.1, 0.15) is 23.4 Å². The third-order valence-corrected chi connectivity index (χ3v) is 3.85. The molecule has 2 aromatic rings. The molecule has 0 bridgehead atoms. The van der Waals surface area contributed by atoms with Crippen LogP contribution < -0.4 is 5.32 Å². The number of nitrogens with zero attached hydrogens (tertiary/aromatic N) is 2. The van der Waals surface area contributed by atoms with Crippen molar-refractivity contribution in [2.45, 2.75) is 33.4 Å². The van der Waals surface area contributed by atoms with Gasteiger partial charge in [-0.3, -0.25) is 4.68 Å². The molecule has 108 valence electrons. The summed E-state index contributed by atoms with van der Waals surface area (Å²) in [6.07, 6.45) is 1.09. The van der Waals surface area contributed by atoms with E-state index in [0.29, 0.717) is 5.02 Å². The second-order valence-corrected chi connectivity index (χ2v) is 5.86. The van der Waals surface area contributed by atoms with E-state index in [-0.39, 0.29) is 0 Å². The van der Waals surface area contributed by atoms with Crippen LogP contribution in [0, 0.1) is 13.8 Å². The zero-order valence-corrected chi connectivity index (χ0v) is 13.4. The fourth-order valence-corrected chi connectivity index (χ4v) is 2.72. The van der Waals surface area contributed by atoms with E-state index in [1.54, 1.807) is 6.07 Å². The number of benzene rings is 1. The molecule has 20 heavy (non-hydrogen) atoms. The van der Waals surface area contributed by atoms with Gasteiger partial charge in [0.1, 0.15) is 6.54 Å². The summed E-state index contributed by atoms with van der Waals surface area (Å²) in [5.41, 5.74) is 3.44. The summed E-state index contributed by atoms with van der Waals surface area (Å²) in [6, 6.07) is 7.77. The van der Waals surface area contributed by atoms with Crippen LogP contribution in [0.25, 0.3) is 0 Å². The molecular formula is C15H20Cl2N3+. The number of aryl methyl sites for hydroxylation is 3. The Morgan fingerprint density at radius 2 is 2.00 bits per heavy atom. The van der Waals surface area contributed by atoms with Gasteiger partial charge in [0.05, 0.1) is 17.3 Å². The lowest BCUT2D eigenvalue weighted by atomic mass is 10.2. The highest BCUT2D eigenvalue weighted by molar-refractivity contribution is 6.35. The van der Waals surface area contributed by atoms with E-state index in [1.807, 2.05) is 19.1 Å². The molecule has 0 radical (unpaired) electrons. The van der Waals surface area contributed by atoms with E-state index in [9.17, 15) is 0 Å². The van der Waals surface area contributed by atoms with Crippen LogP contribution in [-0.4, -0.2) is 16.3 Å². The minimum Gasteiger partial charge on any atom is -0.342 e. The van der Waals surface area contributed by atoms with Crippen LogP contribution in [-0.2, 0) is 13.1 Å². The lowest BCUT2D eigenvalue weighted by molar-refractivity contribution is -0.671. The summed E-state index contributed by atoms with van der Waals surface area (Å²) in [4.78, 5) is 0. The van der Waals surface area contributed by atoms with Crippen molar-refractivity contribution in [1.82, 2.24) is 9.78 Å². The van der Waals surface area contributed by atoms with Crippen molar-refractivity contribution in [2.75, 3.05) is 6.54 Å². The largest absolute Gasteiger partial charge is 0.342 e. The average molecular weight is 313 g/mol. The van der Waals surface area contributed by atoms with Gasteiger partial charge >= 0.3 is 0 Å². The van der Waals surface area contributed by atoms with Crippen molar-refractivity contribution in [3.05, 3.63) is 51.3 Å². The molecule has 0 spiro atoms. The first-order valence-corrected chi connectivity index (χ1v) is 7.58. The van der Waals surface area contributed by atoms with Crippen LogP contribution >= 0.6 is 23.2 Å². The zero-order chi connectivity index (χ0) is 14.5. The van der Waals surface area contributed by atoms with Crippen molar-refractivity contribution in [3.63, 3.8) is 0 Å². The lowest BCUT2D eigenvalue weighted by Gasteiger charge is -2.06. The Morgan fingerprint density at radius 1 is 1.20 bits per heavy atom. The topological polar surface area (TPSA) is 34.4 Å². The van der Waals surface area contributed by atoms with E-state index in [2.05, 4.69) is 28.1 Å². The predicted molar refractivity (Wildman–Crippen MR) is 83.3 cm³/mol. The van der Waals surface area contributed by atoms with Crippen LogP contribution in [0.4, 0.5) is 0 Å². The third-order valence-electron chi connectivity index (χ3n) is 3.26. The van der Waals surface area contributed by atoms with E-state index in [0.717, 1.165) is 42.3 Å². The van der Waals surface area contributed by atoms with Gasteiger partial charge in [0.15, 0.2) is 0 Å². The predicted octanol–water partition coefficient (Wildman–Crippen LogP) is 2.96. The quantitative estimate of drug-likeness (QED) is 0.818. The molecular weight excluding hydrogens is 293 g/mol. The molecule has 5 heteroatoms. The van der Waals surface area contributed by atoms with Gasteiger partial charge in [0.25, 0.3) is 0 Å². The molecule has 2 N–H and O–H groups in total. The van der Waals surface area contributed by atoms with Gasteiger partial charge in [0, 0.05) is 29.2 Å². The molecule has 0 amide bonds. The van der Waals surface area contributed by atoms with Crippen LogP contribution in [0.15, 0.2) is 24.3 Å². The van der Waals surface area contributed by atoms with Gasteiger partial charge in [-0.05, 0) is 32.0 Å². The summed E-state index contributed by atoms with van der Waals surface area (Å²) >= 11 is 12.0. The Hall–Kier alpha value is -1.03. The number of aromatic nitrogens is 2. The summed E-state index contributed by atoms with van der Waals surface area (Å²) in [6.45, 7) is 7.02. The smallest absolute Gasteiger partial charge is 0.103 e. The molecule has 2 rings (SSSR count). The maximum absolute atomic E-state index is 6.14. The molecule has 3 nitrogen and oxygen atoms in total. The number of halogens is 2. The van der Waals surface area contributed by atoms with Crippen molar-refractivity contribution in [1.29, 1.82) is 0 Å². The Kier molecular flexibility index (Phi) is 5.46. The monoisotopic (exact) mass is 312 g/mol. The summed E-state index contributed by atoms with van der Waals surface area (Å²) in [5, 5.41) is 8.15. The summed E-state index contributed by atoms with van der Waals surface area (Å²) < 4.78 is 2.07. The molecule has 0 aliphatic heterocycles. The number of hydrogen-bond donors (Lipinski definition) is 1. The molecule has 1 aromatic heterocycles. The highest BCUT2D eigenvalue weighted by Gasteiger charge is 2.04. The first-order valence-electron chi connectivity index (χ1n) is 6.83. The maximum Gasteiger partial charge on any atom is 0.103 e. The Balaban J connectivity index is 1.73. The van der Waals surface area contributed by atoms with Gasteiger partial charge in [-0.15, -0.1) is 0 Å². The van der Waals surface area contributed by atoms with E-state index < -0.39 is 0 Å². The van der Waals surface area contributed by atoms with Crippen molar-refractivity contribution >= 4 is 23.2 Å². The standard InChI is InChI=1S/C15H19Cl2N3/c1-11-8-12(2)20(19-11)7-3-6-18-10-13-4-5-14(16)9-15(13)17/h4-5,8-9,18H,3,6-7,10H2,1-2H3/p+1. The lowest BCUT2D eigenvalue weighted by Crippen LogP contribution is -2.82. The van der Waals surface area contributed by atoms with Crippen LogP contribution in [0.5, 0.6) is 0 Å². The number of nitrogens with two attached hydrogens (primary N) is 1. The third kappa shape index (κ3) is 4.23. The van der Waals surface area contributed by atoms with E-state index in [1.165, 1.54) is 5.69 Å². The molecule has 1 aromatic carbocycles. The highest BCUT2D eigenvalue weighted by atomic mass is 35.5. The van der Waals surface area contributed by atoms with E-state index >= 15 is 0 Å². The van der Waals surface area contributed by atoms with Crippen LogP contribution in [0.3, 0.4) is 0 Å². The Morgan fingerprint density at radius 3 is 2.65 bits per heavy atom. The molecule has 0 aliphatic rings. The summed E-state index contributed by atoms with van der Waals surface area (Å²) in [5.74, 6) is 0. The first-order chi connectivity index (χ1) is 9.56. The first kappa shape index (κ1) is 15.4. The molecule has 0 aliphatic carbocycles. The molecule has 1 heterocycles. The minimum absolute atomic E-state index is 0.684. The maximum atomic E-state index is 6.14. The average Bonchev–Trinajstić information content (AvgIpc) is 2.70. The van der Waals surface area contributed by atoms with Crippen molar-refractivity contribution in [3.8, 4) is 0 Å². The van der Waals surface area contributed by atoms with Crippen molar-refractivity contribution < 1.29 is 5.32 Å². The molecule has 0 saturated heterocycles. The van der Waals surface area contributed by atoms with Crippen LogP contribution in [0.2, 0.25) is 10.0 Å². The molecule has 0 atom stereocenters. The molecule has 0 saturated carbocycles. The Labute approximate surface area is 129 Å². The van der Waals surface area contributed by atoms with Gasteiger partial charge < -0.3 is 5.32 Å². The number of hydrogen-bond acceptors (Lipinski definition) is 1. The zero-order valence-electron chi connectivity index (χ0n) is 11.9. The molecule has 0 unspecified atom stereocenters.